The van der Waals surface area contributed by atoms with Crippen LogP contribution in [0.15, 0.2) is 22.8 Å². The minimum Gasteiger partial charge on any atom is -0.467 e. The number of carbonyl (C=O) groups excluding carboxylic acids is 2. The Morgan fingerprint density at radius 1 is 1.43 bits per heavy atom. The van der Waals surface area contributed by atoms with Crippen LogP contribution in [0.5, 0.6) is 0 Å². The zero-order chi connectivity index (χ0) is 17.1. The zero-order valence-electron chi connectivity index (χ0n) is 14.1. The van der Waals surface area contributed by atoms with E-state index in [1.165, 1.54) is 7.11 Å². The van der Waals surface area contributed by atoms with E-state index in [-0.39, 0.29) is 11.9 Å². The highest BCUT2D eigenvalue weighted by atomic mass is 16.5. The maximum Gasteiger partial charge on any atom is 0.339 e. The molecule has 0 spiro atoms. The largest absolute Gasteiger partial charge is 0.467 e. The van der Waals surface area contributed by atoms with Crippen LogP contribution in [0, 0.1) is 6.92 Å². The molecule has 6 nitrogen and oxygen atoms in total. The van der Waals surface area contributed by atoms with Crippen LogP contribution in [0.4, 0.5) is 0 Å². The third-order valence-electron chi connectivity index (χ3n) is 4.14. The van der Waals surface area contributed by atoms with Gasteiger partial charge in [-0.05, 0) is 38.0 Å². The van der Waals surface area contributed by atoms with Crippen LogP contribution in [0.25, 0.3) is 0 Å². The van der Waals surface area contributed by atoms with Crippen molar-refractivity contribution in [1.82, 2.24) is 9.88 Å². The Balaban J connectivity index is 2.36. The molecular weight excluding hydrogens is 296 g/mol. The molecule has 0 saturated carbocycles. The number of esters is 1. The molecule has 0 aliphatic rings. The Labute approximate surface area is 135 Å². The van der Waals surface area contributed by atoms with Crippen LogP contribution in [0.1, 0.15) is 57.8 Å². The summed E-state index contributed by atoms with van der Waals surface area (Å²) in [6.07, 6.45) is 2.19. The normalized spacial score (nSPS) is 12.0. The topological polar surface area (TPSA) is 75.5 Å². The van der Waals surface area contributed by atoms with Crippen LogP contribution >= 0.6 is 0 Å². The van der Waals surface area contributed by atoms with E-state index in [1.807, 2.05) is 19.9 Å². The van der Waals surface area contributed by atoms with E-state index in [0.717, 1.165) is 0 Å². The second-order valence-electron chi connectivity index (χ2n) is 5.43. The van der Waals surface area contributed by atoms with Crippen molar-refractivity contribution in [2.45, 2.75) is 33.2 Å². The van der Waals surface area contributed by atoms with E-state index in [2.05, 4.69) is 4.98 Å². The lowest BCUT2D eigenvalue weighted by molar-refractivity contribution is 0.0599. The number of nitrogens with zero attached hydrogens (tertiary/aromatic N) is 1. The second-order valence-corrected chi connectivity index (χ2v) is 5.43. The Hall–Kier alpha value is -2.50. The summed E-state index contributed by atoms with van der Waals surface area (Å²) in [6, 6.07) is 3.40. The van der Waals surface area contributed by atoms with E-state index in [9.17, 15) is 9.59 Å². The summed E-state index contributed by atoms with van der Waals surface area (Å²) in [5.41, 5.74) is 2.16. The van der Waals surface area contributed by atoms with Crippen molar-refractivity contribution >= 4 is 11.9 Å². The van der Waals surface area contributed by atoms with E-state index < -0.39 is 5.97 Å². The Bertz CT molecular complexity index is 701. The monoisotopic (exact) mass is 318 g/mol. The smallest absolute Gasteiger partial charge is 0.339 e. The van der Waals surface area contributed by atoms with Gasteiger partial charge >= 0.3 is 5.97 Å². The number of aromatic nitrogens is 1. The molecule has 0 fully saturated rings. The quantitative estimate of drug-likeness (QED) is 0.860. The summed E-state index contributed by atoms with van der Waals surface area (Å²) >= 11 is 0. The van der Waals surface area contributed by atoms with E-state index in [1.54, 1.807) is 31.2 Å². The van der Waals surface area contributed by atoms with Crippen LogP contribution in [-0.2, 0) is 11.2 Å². The molecule has 2 aromatic rings. The van der Waals surface area contributed by atoms with Gasteiger partial charge in [0.2, 0.25) is 0 Å². The van der Waals surface area contributed by atoms with Gasteiger partial charge in [0, 0.05) is 12.7 Å². The molecular formula is C17H22N2O4. The number of aryl methyl sites for hydroxylation is 1. The third kappa shape index (κ3) is 3.02. The average Bonchev–Trinajstić information content (AvgIpc) is 3.19. The minimum absolute atomic E-state index is 0.198. The molecule has 0 aliphatic heterocycles. The molecule has 1 amide bonds. The van der Waals surface area contributed by atoms with Crippen molar-refractivity contribution in [3.63, 3.8) is 0 Å². The number of rotatable bonds is 5. The maximum atomic E-state index is 12.8. The van der Waals surface area contributed by atoms with Gasteiger partial charge in [-0.25, -0.2) is 4.79 Å². The van der Waals surface area contributed by atoms with Crippen LogP contribution in [0.2, 0.25) is 0 Å². The molecule has 2 heterocycles. The number of hydrogen-bond acceptors (Lipinski definition) is 4. The van der Waals surface area contributed by atoms with Crippen LogP contribution in [-0.4, -0.2) is 35.9 Å². The zero-order valence-corrected chi connectivity index (χ0v) is 14.1. The van der Waals surface area contributed by atoms with Gasteiger partial charge in [0.15, 0.2) is 0 Å². The van der Waals surface area contributed by atoms with Gasteiger partial charge in [-0.3, -0.25) is 4.79 Å². The standard InChI is InChI=1S/C17H22N2O4/c1-6-12-14(17(21)22-5)10(2)15(18-12)16(20)19(4)11(3)13-8-7-9-23-13/h7-9,11,18H,6H2,1-5H3. The van der Waals surface area contributed by atoms with Crippen molar-refractivity contribution in [2.75, 3.05) is 14.2 Å². The van der Waals surface area contributed by atoms with Gasteiger partial charge in [-0.2, -0.15) is 0 Å². The van der Waals surface area contributed by atoms with Gasteiger partial charge in [-0.15, -0.1) is 0 Å². The third-order valence-corrected chi connectivity index (χ3v) is 4.14. The summed E-state index contributed by atoms with van der Waals surface area (Å²) in [5.74, 6) is 0.0709. The summed E-state index contributed by atoms with van der Waals surface area (Å²) in [4.78, 5) is 29.4. The maximum absolute atomic E-state index is 12.8. The molecule has 0 radical (unpaired) electrons. The van der Waals surface area contributed by atoms with Gasteiger partial charge < -0.3 is 19.0 Å². The fourth-order valence-electron chi connectivity index (χ4n) is 2.59. The number of carbonyl (C=O) groups is 2. The Morgan fingerprint density at radius 3 is 2.65 bits per heavy atom. The number of methoxy groups -OCH3 is 1. The first kappa shape index (κ1) is 16.9. The molecule has 1 N–H and O–H groups in total. The summed E-state index contributed by atoms with van der Waals surface area (Å²) < 4.78 is 10.2. The van der Waals surface area contributed by atoms with Crippen LogP contribution in [0.3, 0.4) is 0 Å². The van der Waals surface area contributed by atoms with Gasteiger partial charge in [0.05, 0.1) is 25.0 Å². The number of nitrogens with one attached hydrogen (secondary N) is 1. The fourth-order valence-corrected chi connectivity index (χ4v) is 2.59. The van der Waals surface area contributed by atoms with Crippen molar-refractivity contribution in [2.24, 2.45) is 0 Å². The van der Waals surface area contributed by atoms with Crippen molar-refractivity contribution in [3.8, 4) is 0 Å². The second kappa shape index (κ2) is 6.73. The number of amides is 1. The highest BCUT2D eigenvalue weighted by Gasteiger charge is 2.28. The molecule has 124 valence electrons. The Kier molecular flexibility index (Phi) is 4.93. The van der Waals surface area contributed by atoms with Crippen LogP contribution < -0.4 is 0 Å². The average molecular weight is 318 g/mol. The Morgan fingerprint density at radius 2 is 2.13 bits per heavy atom. The minimum atomic E-state index is -0.434. The highest BCUT2D eigenvalue weighted by Crippen LogP contribution is 2.25. The number of aromatic amines is 1. The van der Waals surface area contributed by atoms with Gasteiger partial charge in [0.1, 0.15) is 11.5 Å². The summed E-state index contributed by atoms with van der Waals surface area (Å²) in [5, 5.41) is 0. The predicted molar refractivity (Wildman–Crippen MR) is 85.5 cm³/mol. The predicted octanol–water partition coefficient (Wildman–Crippen LogP) is 3.10. The van der Waals surface area contributed by atoms with E-state index in [0.29, 0.717) is 34.7 Å². The molecule has 0 aliphatic carbocycles. The lowest BCUT2D eigenvalue weighted by Crippen LogP contribution is -2.30. The molecule has 1 unspecified atom stereocenters. The first-order chi connectivity index (χ1) is 10.9. The molecule has 6 heteroatoms. The molecule has 0 saturated heterocycles. The van der Waals surface area contributed by atoms with Crippen molar-refractivity contribution in [1.29, 1.82) is 0 Å². The van der Waals surface area contributed by atoms with Crippen molar-refractivity contribution < 1.29 is 18.7 Å². The van der Waals surface area contributed by atoms with E-state index in [4.69, 9.17) is 9.15 Å². The van der Waals surface area contributed by atoms with Gasteiger partial charge in [-0.1, -0.05) is 6.92 Å². The fraction of sp³-hybridized carbons (Fsp3) is 0.412. The number of furan rings is 1. The summed E-state index contributed by atoms with van der Waals surface area (Å²) in [6.45, 7) is 5.55. The molecule has 0 aromatic carbocycles. The molecule has 1 atom stereocenters. The molecule has 23 heavy (non-hydrogen) atoms. The number of H-pyrrole nitrogens is 1. The van der Waals surface area contributed by atoms with E-state index >= 15 is 0 Å². The lowest BCUT2D eigenvalue weighted by Gasteiger charge is -2.23. The lowest BCUT2D eigenvalue weighted by atomic mass is 10.1. The molecule has 0 bridgehead atoms. The first-order valence-corrected chi connectivity index (χ1v) is 7.52. The first-order valence-electron chi connectivity index (χ1n) is 7.52. The highest BCUT2D eigenvalue weighted by molar-refractivity contribution is 6.00. The van der Waals surface area contributed by atoms with Gasteiger partial charge in [0.25, 0.3) is 5.91 Å². The molecule has 2 aromatic heterocycles. The number of ether oxygens (including phenoxy) is 1. The number of hydrogen-bond donors (Lipinski definition) is 1. The molecule has 2 rings (SSSR count). The SMILES string of the molecule is CCc1[nH]c(C(=O)N(C)C(C)c2ccco2)c(C)c1C(=O)OC. The summed E-state index contributed by atoms with van der Waals surface area (Å²) in [7, 11) is 3.04. The van der Waals surface area contributed by atoms with Crippen molar-refractivity contribution in [3.05, 3.63) is 46.7 Å².